The van der Waals surface area contributed by atoms with Gasteiger partial charge in [0.2, 0.25) is 0 Å². The van der Waals surface area contributed by atoms with E-state index in [0.29, 0.717) is 0 Å². The third kappa shape index (κ3) is 4.91. The number of nitrogens with zero attached hydrogens (tertiary/aromatic N) is 1. The fraction of sp³-hybridized carbons (Fsp3) is 0.125. The summed E-state index contributed by atoms with van der Waals surface area (Å²) in [5.41, 5.74) is 2.71. The van der Waals surface area contributed by atoms with Crippen molar-refractivity contribution in [1.29, 1.82) is 0 Å². The number of methoxy groups -OCH3 is 2. The monoisotopic (exact) mass is 425 g/mol. The SMILES string of the molecule is COc1ccc(N=Cc2ccc(OC)cc2[CH]=[Ru]([Cl])[Cl])cc1. The van der Waals surface area contributed by atoms with Gasteiger partial charge in [0.1, 0.15) is 0 Å². The van der Waals surface area contributed by atoms with Crippen LogP contribution in [-0.2, 0) is 13.5 Å². The van der Waals surface area contributed by atoms with Gasteiger partial charge in [-0.2, -0.15) is 0 Å². The molecular weight excluding hydrogens is 410 g/mol. The minimum absolute atomic E-state index is 0.761. The Morgan fingerprint density at radius 1 is 0.909 bits per heavy atom. The zero-order valence-corrected chi connectivity index (χ0v) is 15.3. The van der Waals surface area contributed by atoms with Crippen molar-refractivity contribution in [3.05, 3.63) is 53.6 Å². The van der Waals surface area contributed by atoms with Gasteiger partial charge < -0.3 is 0 Å². The first-order valence-electron chi connectivity index (χ1n) is 6.31. The van der Waals surface area contributed by atoms with Gasteiger partial charge in [-0.25, -0.2) is 0 Å². The molecule has 0 aliphatic rings. The van der Waals surface area contributed by atoms with Gasteiger partial charge in [-0.05, 0) is 0 Å². The molecule has 0 unspecified atom stereocenters. The topological polar surface area (TPSA) is 30.8 Å². The maximum atomic E-state index is 5.98. The van der Waals surface area contributed by atoms with Gasteiger partial charge in [-0.3, -0.25) is 0 Å². The predicted molar refractivity (Wildman–Crippen MR) is 90.1 cm³/mol. The van der Waals surface area contributed by atoms with Gasteiger partial charge in [0.15, 0.2) is 0 Å². The van der Waals surface area contributed by atoms with Crippen LogP contribution >= 0.6 is 19.4 Å². The van der Waals surface area contributed by atoms with Crippen molar-refractivity contribution in [2.75, 3.05) is 14.2 Å². The van der Waals surface area contributed by atoms with Crippen molar-refractivity contribution < 1.29 is 23.0 Å². The van der Waals surface area contributed by atoms with E-state index in [1.54, 1.807) is 20.4 Å². The molecule has 22 heavy (non-hydrogen) atoms. The molecule has 0 atom stereocenters. The molecule has 0 fully saturated rings. The number of benzene rings is 2. The Kier molecular flexibility index (Phi) is 6.56. The summed E-state index contributed by atoms with van der Waals surface area (Å²) in [6, 6.07) is 13.2. The van der Waals surface area contributed by atoms with Crippen LogP contribution in [0.3, 0.4) is 0 Å². The van der Waals surface area contributed by atoms with E-state index in [0.717, 1.165) is 28.3 Å². The number of hydrogen-bond acceptors (Lipinski definition) is 3. The molecule has 3 nitrogen and oxygen atoms in total. The molecule has 6 heteroatoms. The second kappa shape index (κ2) is 8.42. The molecule has 0 aliphatic carbocycles. The normalized spacial score (nSPS) is 11.4. The summed E-state index contributed by atoms with van der Waals surface area (Å²) in [4.78, 5) is 4.46. The van der Waals surface area contributed by atoms with Crippen molar-refractivity contribution in [3.8, 4) is 11.5 Å². The summed E-state index contributed by atoms with van der Waals surface area (Å²) < 4.78 is 12.2. The average molecular weight is 425 g/mol. The van der Waals surface area contributed by atoms with Gasteiger partial charge in [0, 0.05) is 0 Å². The van der Waals surface area contributed by atoms with Gasteiger partial charge in [0.05, 0.1) is 0 Å². The van der Waals surface area contributed by atoms with Gasteiger partial charge in [-0.1, -0.05) is 0 Å². The molecule has 0 bridgehead atoms. The molecule has 2 rings (SSSR count). The van der Waals surface area contributed by atoms with Crippen LogP contribution in [0.5, 0.6) is 11.5 Å². The summed E-state index contributed by atoms with van der Waals surface area (Å²) in [5.74, 6) is 1.56. The van der Waals surface area contributed by atoms with E-state index >= 15 is 0 Å². The number of rotatable bonds is 5. The van der Waals surface area contributed by atoms with Crippen LogP contribution < -0.4 is 9.47 Å². The van der Waals surface area contributed by atoms with Crippen molar-refractivity contribution in [3.63, 3.8) is 0 Å². The Bertz CT molecular complexity index is 696. The van der Waals surface area contributed by atoms with E-state index in [1.165, 1.54) is 0 Å². The quantitative estimate of drug-likeness (QED) is 0.521. The third-order valence-corrected chi connectivity index (χ3v) is 4.74. The van der Waals surface area contributed by atoms with Gasteiger partial charge in [0.25, 0.3) is 0 Å². The Hall–Kier alpha value is -1.22. The number of ether oxygens (including phenoxy) is 2. The second-order valence-corrected chi connectivity index (χ2v) is 9.98. The van der Waals surface area contributed by atoms with Gasteiger partial charge >= 0.3 is 143 Å². The molecule has 0 N–H and O–H groups in total. The molecule has 0 saturated heterocycles. The molecule has 2 aromatic carbocycles. The molecule has 0 heterocycles. The third-order valence-electron chi connectivity index (χ3n) is 2.91. The Morgan fingerprint density at radius 2 is 1.55 bits per heavy atom. The fourth-order valence-electron chi connectivity index (χ4n) is 1.78. The Balaban J connectivity index is 2.30. The maximum absolute atomic E-state index is 5.98. The fourth-order valence-corrected chi connectivity index (χ4v) is 3.61. The summed E-state index contributed by atoms with van der Waals surface area (Å²) >= 11 is -1.92. The molecule has 0 saturated carbocycles. The van der Waals surface area contributed by atoms with Crippen LogP contribution in [0.4, 0.5) is 5.69 Å². The predicted octanol–water partition coefficient (Wildman–Crippen LogP) is 4.53. The molecule has 2 aromatic rings. The summed E-state index contributed by atoms with van der Waals surface area (Å²) in [6.07, 6.45) is 1.79. The number of halogens is 2. The zero-order valence-electron chi connectivity index (χ0n) is 12.1. The van der Waals surface area contributed by atoms with E-state index in [4.69, 9.17) is 28.9 Å². The number of aliphatic imine (C=N–C) groups is 1. The summed E-state index contributed by atoms with van der Waals surface area (Å²) in [5, 5.41) is 0. The van der Waals surface area contributed by atoms with Crippen LogP contribution in [0.1, 0.15) is 11.1 Å². The van der Waals surface area contributed by atoms with Crippen LogP contribution in [-0.4, -0.2) is 25.0 Å². The van der Waals surface area contributed by atoms with Crippen molar-refractivity contribution in [2.45, 2.75) is 0 Å². The minimum atomic E-state index is -1.92. The molecule has 0 aromatic heterocycles. The molecular formula is C16H15Cl2NO2Ru. The first kappa shape index (κ1) is 17.1. The number of hydrogen-bond donors (Lipinski definition) is 0. The molecule has 0 radical (unpaired) electrons. The van der Waals surface area contributed by atoms with Crippen LogP contribution in [0.2, 0.25) is 0 Å². The summed E-state index contributed by atoms with van der Waals surface area (Å²) in [7, 11) is 15.2. The Labute approximate surface area is 143 Å². The van der Waals surface area contributed by atoms with E-state index in [1.807, 2.05) is 47.1 Å². The standard InChI is InChI=1S/C16H15NO2.2ClH.Ru/c1-12-10-16(19-3)7-4-13(12)11-17-14-5-8-15(18-2)9-6-14;;;/h1,4-11H,2-3H3;2*1H;/q;;;+2/p-2. The van der Waals surface area contributed by atoms with Crippen molar-refractivity contribution in [1.82, 2.24) is 0 Å². The average Bonchev–Trinajstić information content (AvgIpc) is 2.53. The second-order valence-electron chi connectivity index (χ2n) is 4.26. The van der Waals surface area contributed by atoms with Crippen molar-refractivity contribution in [2.24, 2.45) is 4.99 Å². The molecule has 118 valence electrons. The van der Waals surface area contributed by atoms with Crippen LogP contribution in [0, 0.1) is 0 Å². The van der Waals surface area contributed by atoms with E-state index < -0.39 is 13.5 Å². The Morgan fingerprint density at radius 3 is 2.14 bits per heavy atom. The molecule has 0 spiro atoms. The first-order chi connectivity index (χ1) is 10.6. The van der Waals surface area contributed by atoms with Gasteiger partial charge in [-0.15, -0.1) is 0 Å². The van der Waals surface area contributed by atoms with Crippen molar-refractivity contribution >= 4 is 35.9 Å². The molecule has 0 aliphatic heterocycles. The summed E-state index contributed by atoms with van der Waals surface area (Å²) in [6.45, 7) is 0. The van der Waals surface area contributed by atoms with Crippen LogP contribution in [0.15, 0.2) is 47.5 Å². The first-order valence-corrected chi connectivity index (χ1v) is 11.8. The van der Waals surface area contributed by atoms with Crippen LogP contribution in [0.25, 0.3) is 0 Å². The zero-order chi connectivity index (χ0) is 15.9. The van der Waals surface area contributed by atoms with E-state index in [-0.39, 0.29) is 0 Å². The van der Waals surface area contributed by atoms with E-state index in [9.17, 15) is 0 Å². The molecule has 0 amide bonds. The van der Waals surface area contributed by atoms with E-state index in [2.05, 4.69) is 4.99 Å².